The highest BCUT2D eigenvalue weighted by atomic mass is 19.4. The second-order valence-electron chi connectivity index (χ2n) is 3.86. The summed E-state index contributed by atoms with van der Waals surface area (Å²) in [6.07, 6.45) is -1.51. The highest BCUT2D eigenvalue weighted by Gasteiger charge is 2.40. The molecule has 0 aliphatic carbocycles. The van der Waals surface area contributed by atoms with Crippen molar-refractivity contribution in [3.63, 3.8) is 0 Å². The van der Waals surface area contributed by atoms with Crippen LogP contribution in [0.4, 0.5) is 13.2 Å². The SMILES string of the molecule is C#C/C(C)=C(/C(O)c1ccc(OC)cc1)C(F)(F)F. The molecule has 0 fully saturated rings. The molecule has 102 valence electrons. The van der Waals surface area contributed by atoms with Gasteiger partial charge in [0.05, 0.1) is 12.7 Å². The normalized spacial score (nSPS) is 14.4. The molecular weight excluding hydrogens is 257 g/mol. The minimum Gasteiger partial charge on any atom is -0.497 e. The van der Waals surface area contributed by atoms with E-state index in [9.17, 15) is 18.3 Å². The molecule has 19 heavy (non-hydrogen) atoms. The third kappa shape index (κ3) is 3.52. The Hall–Kier alpha value is -1.93. The van der Waals surface area contributed by atoms with Gasteiger partial charge in [-0.15, -0.1) is 6.42 Å². The molecule has 0 radical (unpaired) electrons. The summed E-state index contributed by atoms with van der Waals surface area (Å²) in [5.74, 6) is 2.41. The van der Waals surface area contributed by atoms with E-state index >= 15 is 0 Å². The summed E-state index contributed by atoms with van der Waals surface area (Å²) in [7, 11) is 1.44. The van der Waals surface area contributed by atoms with Gasteiger partial charge in [0.1, 0.15) is 11.9 Å². The molecule has 1 rings (SSSR count). The highest BCUT2D eigenvalue weighted by Crippen LogP contribution is 2.37. The van der Waals surface area contributed by atoms with E-state index in [1.807, 2.05) is 5.92 Å². The third-order valence-electron chi connectivity index (χ3n) is 2.63. The third-order valence-corrected chi connectivity index (χ3v) is 2.63. The summed E-state index contributed by atoms with van der Waals surface area (Å²) in [5.41, 5.74) is -1.36. The molecule has 0 spiro atoms. The van der Waals surface area contributed by atoms with Gasteiger partial charge in [-0.3, -0.25) is 0 Å². The van der Waals surface area contributed by atoms with Crippen molar-refractivity contribution in [2.75, 3.05) is 7.11 Å². The number of terminal acetylenes is 1. The lowest BCUT2D eigenvalue weighted by molar-refractivity contribution is -0.106. The molecule has 0 bridgehead atoms. The number of ether oxygens (including phenoxy) is 1. The van der Waals surface area contributed by atoms with Gasteiger partial charge >= 0.3 is 6.18 Å². The van der Waals surface area contributed by atoms with E-state index in [0.717, 1.165) is 6.92 Å². The minimum absolute atomic E-state index is 0.0997. The van der Waals surface area contributed by atoms with Gasteiger partial charge in [-0.1, -0.05) is 18.1 Å². The Morgan fingerprint density at radius 2 is 1.84 bits per heavy atom. The quantitative estimate of drug-likeness (QED) is 0.854. The Labute approximate surface area is 109 Å². The summed E-state index contributed by atoms with van der Waals surface area (Å²) in [6, 6.07) is 5.66. The monoisotopic (exact) mass is 270 g/mol. The van der Waals surface area contributed by atoms with Crippen molar-refractivity contribution in [2.24, 2.45) is 0 Å². The zero-order valence-electron chi connectivity index (χ0n) is 10.5. The number of aliphatic hydroxyl groups excluding tert-OH is 1. The van der Waals surface area contributed by atoms with E-state index in [2.05, 4.69) is 0 Å². The fourth-order valence-electron chi connectivity index (χ4n) is 1.60. The van der Waals surface area contributed by atoms with E-state index in [-0.39, 0.29) is 11.1 Å². The Morgan fingerprint density at radius 1 is 1.32 bits per heavy atom. The van der Waals surface area contributed by atoms with Crippen LogP contribution in [-0.2, 0) is 0 Å². The minimum atomic E-state index is -4.68. The first-order chi connectivity index (χ1) is 8.81. The lowest BCUT2D eigenvalue weighted by Crippen LogP contribution is -2.20. The van der Waals surface area contributed by atoms with Gasteiger partial charge in [0.2, 0.25) is 0 Å². The van der Waals surface area contributed by atoms with Crippen molar-refractivity contribution in [2.45, 2.75) is 19.2 Å². The van der Waals surface area contributed by atoms with Crippen LogP contribution >= 0.6 is 0 Å². The van der Waals surface area contributed by atoms with Gasteiger partial charge < -0.3 is 9.84 Å². The van der Waals surface area contributed by atoms with Crippen molar-refractivity contribution in [3.05, 3.63) is 41.0 Å². The van der Waals surface area contributed by atoms with Crippen LogP contribution < -0.4 is 4.74 Å². The Morgan fingerprint density at radius 3 is 2.21 bits per heavy atom. The predicted molar refractivity (Wildman–Crippen MR) is 65.5 cm³/mol. The summed E-state index contributed by atoms with van der Waals surface area (Å²) in [5, 5.41) is 9.87. The van der Waals surface area contributed by atoms with Gasteiger partial charge in [0, 0.05) is 5.57 Å². The lowest BCUT2D eigenvalue weighted by Gasteiger charge is -2.19. The molecule has 0 saturated carbocycles. The number of aliphatic hydroxyl groups is 1. The molecular formula is C14H13F3O2. The maximum atomic E-state index is 12.9. The first kappa shape index (κ1) is 15.1. The molecule has 0 aromatic heterocycles. The van der Waals surface area contributed by atoms with E-state index in [1.54, 1.807) is 0 Å². The van der Waals surface area contributed by atoms with E-state index in [0.29, 0.717) is 5.75 Å². The first-order valence-corrected chi connectivity index (χ1v) is 5.37. The molecule has 0 amide bonds. The van der Waals surface area contributed by atoms with E-state index < -0.39 is 17.9 Å². The molecule has 2 nitrogen and oxygen atoms in total. The number of halogens is 3. The van der Waals surface area contributed by atoms with Crippen LogP contribution in [0.3, 0.4) is 0 Å². The summed E-state index contributed by atoms with van der Waals surface area (Å²) in [4.78, 5) is 0. The maximum Gasteiger partial charge on any atom is 0.416 e. The van der Waals surface area contributed by atoms with Crippen molar-refractivity contribution in [3.8, 4) is 18.1 Å². The van der Waals surface area contributed by atoms with Crippen molar-refractivity contribution in [1.29, 1.82) is 0 Å². The standard InChI is InChI=1S/C14H13F3O2/c1-4-9(2)12(14(15,16)17)13(18)10-5-7-11(19-3)8-6-10/h1,5-8,13,18H,2-3H3/b12-9-. The predicted octanol–water partition coefficient (Wildman–Crippen LogP) is 3.24. The van der Waals surface area contributed by atoms with Gasteiger partial charge in [-0.2, -0.15) is 13.2 Å². The maximum absolute atomic E-state index is 12.9. The summed E-state index contributed by atoms with van der Waals surface area (Å²) in [6.45, 7) is 1.15. The van der Waals surface area contributed by atoms with Gasteiger partial charge in [0.15, 0.2) is 0 Å². The zero-order valence-corrected chi connectivity index (χ0v) is 10.5. The highest BCUT2D eigenvalue weighted by molar-refractivity contribution is 5.39. The Bertz CT molecular complexity index is 507. The molecule has 0 aliphatic heterocycles. The van der Waals surface area contributed by atoms with Crippen LogP contribution in [0.1, 0.15) is 18.6 Å². The fourth-order valence-corrected chi connectivity index (χ4v) is 1.60. The zero-order chi connectivity index (χ0) is 14.6. The number of allylic oxidation sites excluding steroid dienone is 1. The van der Waals surface area contributed by atoms with Crippen LogP contribution in [0.5, 0.6) is 5.75 Å². The van der Waals surface area contributed by atoms with E-state index in [1.165, 1.54) is 31.4 Å². The lowest BCUT2D eigenvalue weighted by atomic mass is 9.97. The van der Waals surface area contributed by atoms with Crippen LogP contribution in [-0.4, -0.2) is 18.4 Å². The van der Waals surface area contributed by atoms with Gasteiger partial charge in [-0.25, -0.2) is 0 Å². The molecule has 1 aromatic carbocycles. The summed E-state index contributed by atoms with van der Waals surface area (Å²) >= 11 is 0. The van der Waals surface area contributed by atoms with Crippen molar-refractivity contribution in [1.82, 2.24) is 0 Å². The smallest absolute Gasteiger partial charge is 0.416 e. The number of hydrogen-bond acceptors (Lipinski definition) is 2. The molecule has 1 unspecified atom stereocenters. The van der Waals surface area contributed by atoms with Crippen molar-refractivity contribution >= 4 is 0 Å². The fraction of sp³-hybridized carbons (Fsp3) is 0.286. The second kappa shape index (κ2) is 5.81. The average molecular weight is 270 g/mol. The molecule has 1 N–H and O–H groups in total. The second-order valence-corrected chi connectivity index (χ2v) is 3.86. The van der Waals surface area contributed by atoms with Crippen LogP contribution in [0.2, 0.25) is 0 Å². The average Bonchev–Trinajstić information content (AvgIpc) is 2.37. The number of rotatable bonds is 3. The van der Waals surface area contributed by atoms with Crippen LogP contribution in [0.25, 0.3) is 0 Å². The number of benzene rings is 1. The topological polar surface area (TPSA) is 29.5 Å². The summed E-state index contributed by atoms with van der Waals surface area (Å²) < 4.78 is 43.6. The van der Waals surface area contributed by atoms with Gasteiger partial charge in [-0.05, 0) is 24.6 Å². The Kier molecular flexibility index (Phi) is 4.62. The molecule has 5 heteroatoms. The molecule has 0 aliphatic rings. The molecule has 0 heterocycles. The van der Waals surface area contributed by atoms with Crippen LogP contribution in [0.15, 0.2) is 35.4 Å². The van der Waals surface area contributed by atoms with Crippen molar-refractivity contribution < 1.29 is 23.0 Å². The van der Waals surface area contributed by atoms with E-state index in [4.69, 9.17) is 11.2 Å². The number of alkyl halides is 3. The molecule has 1 atom stereocenters. The number of hydrogen-bond donors (Lipinski definition) is 1. The first-order valence-electron chi connectivity index (χ1n) is 5.37. The largest absolute Gasteiger partial charge is 0.497 e. The molecule has 0 saturated heterocycles. The molecule has 1 aromatic rings. The van der Waals surface area contributed by atoms with Crippen LogP contribution in [0, 0.1) is 12.3 Å². The van der Waals surface area contributed by atoms with Gasteiger partial charge in [0.25, 0.3) is 0 Å². The Balaban J connectivity index is 3.21. The number of methoxy groups -OCH3 is 1.